The number of fused-ring (bicyclic) bond motifs is 1. The summed E-state index contributed by atoms with van der Waals surface area (Å²) in [5.41, 5.74) is 3.42. The van der Waals surface area contributed by atoms with E-state index in [0.717, 1.165) is 11.3 Å². The van der Waals surface area contributed by atoms with Crippen LogP contribution in [0.4, 0.5) is 33.6 Å². The zero-order valence-electron chi connectivity index (χ0n) is 23.2. The summed E-state index contributed by atoms with van der Waals surface area (Å²) in [5.74, 6) is 2.12. The average Bonchev–Trinajstić information content (AvgIpc) is 3.03. The highest BCUT2D eigenvalue weighted by Crippen LogP contribution is 2.34. The lowest BCUT2D eigenvalue weighted by molar-refractivity contribution is 0.102. The number of carbonyl (C=O) groups is 2. The predicted octanol–water partition coefficient (Wildman–Crippen LogP) is 7.09. The van der Waals surface area contributed by atoms with Gasteiger partial charge in [-0.25, -0.2) is 19.7 Å². The van der Waals surface area contributed by atoms with Gasteiger partial charge < -0.3 is 30.7 Å². The van der Waals surface area contributed by atoms with Crippen LogP contribution in [0, 0.1) is 0 Å². The molecule has 2 aromatic carbocycles. The Morgan fingerprint density at radius 3 is 2.55 bits per heavy atom. The number of pyridine rings is 3. The van der Waals surface area contributed by atoms with Gasteiger partial charge in [-0.3, -0.25) is 4.79 Å². The number of ether oxygens (including phenoxy) is 1. The third-order valence-electron chi connectivity index (χ3n) is 6.81. The molecule has 6 rings (SSSR count). The van der Waals surface area contributed by atoms with E-state index in [9.17, 15) is 14.7 Å². The largest absolute Gasteiger partial charge is 0.465 e. The van der Waals surface area contributed by atoms with Crippen LogP contribution >= 0.6 is 11.6 Å². The number of halogens is 1. The minimum Gasteiger partial charge on any atom is -0.465 e. The van der Waals surface area contributed by atoms with Crippen molar-refractivity contribution >= 4 is 52.4 Å². The van der Waals surface area contributed by atoms with Gasteiger partial charge in [0.1, 0.15) is 29.0 Å². The summed E-state index contributed by atoms with van der Waals surface area (Å²) in [6.45, 7) is 0.725. The smallest absolute Gasteiger partial charge is 0.407 e. The molecular formula is C32H26ClN7O4. The molecule has 2 amide bonds. The Hall–Kier alpha value is -5.68. The maximum absolute atomic E-state index is 12.9. The summed E-state index contributed by atoms with van der Waals surface area (Å²) in [7, 11) is 0. The standard InChI is InChI=1S/C32H26ClN7O4/c33-25-17-22(36-30-24(7-4-14-35-30)31(41)37-21-5-2-1-3-6-21)9-10-27(25)44-23-12-15-34-29(18-23)39-28-11-8-20-19-40(32(42)43)16-13-26(20)38-28/h1-12,14-15,17-18H,13,16,19H2,(H,35,36)(H,37,41)(H,42,43)(H,34,38,39). The van der Waals surface area contributed by atoms with Gasteiger partial charge in [0.2, 0.25) is 0 Å². The van der Waals surface area contributed by atoms with E-state index in [1.165, 1.54) is 4.90 Å². The minimum atomic E-state index is -0.934. The first kappa shape index (κ1) is 28.4. The maximum atomic E-state index is 12.9. The molecule has 0 bridgehead atoms. The molecule has 4 heterocycles. The second-order valence-electron chi connectivity index (χ2n) is 9.85. The molecule has 220 valence electrons. The van der Waals surface area contributed by atoms with E-state index in [1.54, 1.807) is 60.9 Å². The third-order valence-corrected chi connectivity index (χ3v) is 7.11. The number of carboxylic acid groups (broad SMARTS) is 1. The van der Waals surface area contributed by atoms with Crippen LogP contribution in [0.3, 0.4) is 0 Å². The first-order valence-electron chi connectivity index (χ1n) is 13.7. The fourth-order valence-corrected chi connectivity index (χ4v) is 4.88. The summed E-state index contributed by atoms with van der Waals surface area (Å²) >= 11 is 6.58. The molecule has 0 aliphatic carbocycles. The van der Waals surface area contributed by atoms with Crippen molar-refractivity contribution in [3.8, 4) is 11.5 Å². The van der Waals surface area contributed by atoms with Gasteiger partial charge in [0.25, 0.3) is 5.91 Å². The van der Waals surface area contributed by atoms with Crippen molar-refractivity contribution in [2.45, 2.75) is 13.0 Å². The lowest BCUT2D eigenvalue weighted by Crippen LogP contribution is -2.35. The number of rotatable bonds is 8. The predicted molar refractivity (Wildman–Crippen MR) is 167 cm³/mol. The molecule has 0 fully saturated rings. The number of carbonyl (C=O) groups excluding carboxylic acids is 1. The molecule has 1 aliphatic heterocycles. The van der Waals surface area contributed by atoms with Crippen molar-refractivity contribution in [3.63, 3.8) is 0 Å². The van der Waals surface area contributed by atoms with Crippen LogP contribution in [-0.2, 0) is 13.0 Å². The van der Waals surface area contributed by atoms with Crippen LogP contribution in [0.15, 0.2) is 97.3 Å². The van der Waals surface area contributed by atoms with Crippen LogP contribution in [0.5, 0.6) is 11.5 Å². The van der Waals surface area contributed by atoms with E-state index in [-0.39, 0.29) is 5.91 Å². The number of nitrogens with zero attached hydrogens (tertiary/aromatic N) is 4. The Morgan fingerprint density at radius 2 is 1.73 bits per heavy atom. The summed E-state index contributed by atoms with van der Waals surface area (Å²) in [6.07, 6.45) is 2.81. The highest BCUT2D eigenvalue weighted by atomic mass is 35.5. The molecule has 4 N–H and O–H groups in total. The second kappa shape index (κ2) is 12.7. The van der Waals surface area contributed by atoms with E-state index in [2.05, 4.69) is 30.9 Å². The average molecular weight is 608 g/mol. The molecule has 1 aliphatic rings. The molecule has 0 unspecified atom stereocenters. The monoisotopic (exact) mass is 607 g/mol. The fourth-order valence-electron chi connectivity index (χ4n) is 4.66. The molecular weight excluding hydrogens is 582 g/mol. The summed E-state index contributed by atoms with van der Waals surface area (Å²) in [5, 5.41) is 18.8. The summed E-state index contributed by atoms with van der Waals surface area (Å²) in [6, 6.07) is 24.9. The number of benzene rings is 2. The van der Waals surface area contributed by atoms with E-state index >= 15 is 0 Å². The van der Waals surface area contributed by atoms with E-state index in [1.807, 2.05) is 36.4 Å². The number of hydrogen-bond donors (Lipinski definition) is 4. The molecule has 12 heteroatoms. The molecule has 0 saturated heterocycles. The zero-order valence-corrected chi connectivity index (χ0v) is 24.0. The Morgan fingerprint density at radius 1 is 0.864 bits per heavy atom. The van der Waals surface area contributed by atoms with Crippen molar-refractivity contribution in [1.82, 2.24) is 19.9 Å². The van der Waals surface area contributed by atoms with E-state index < -0.39 is 6.09 Å². The second-order valence-corrected chi connectivity index (χ2v) is 10.3. The molecule has 11 nitrogen and oxygen atoms in total. The number of anilines is 5. The van der Waals surface area contributed by atoms with Gasteiger partial charge in [-0.15, -0.1) is 0 Å². The number of hydrogen-bond acceptors (Lipinski definition) is 8. The highest BCUT2D eigenvalue weighted by molar-refractivity contribution is 6.32. The van der Waals surface area contributed by atoms with Gasteiger partial charge >= 0.3 is 6.09 Å². The van der Waals surface area contributed by atoms with Crippen LogP contribution in [0.1, 0.15) is 21.6 Å². The fraction of sp³-hybridized carbons (Fsp3) is 0.0938. The van der Waals surface area contributed by atoms with Crippen molar-refractivity contribution in [3.05, 3.63) is 119 Å². The Bertz CT molecular complexity index is 1840. The number of aromatic nitrogens is 3. The Labute approximate surface area is 257 Å². The maximum Gasteiger partial charge on any atom is 0.407 e. The molecule has 0 saturated carbocycles. The number of para-hydroxylation sites is 1. The minimum absolute atomic E-state index is 0.296. The van der Waals surface area contributed by atoms with Crippen molar-refractivity contribution in [2.24, 2.45) is 0 Å². The van der Waals surface area contributed by atoms with E-state index in [4.69, 9.17) is 16.3 Å². The Kier molecular flexibility index (Phi) is 8.19. The molecule has 44 heavy (non-hydrogen) atoms. The lowest BCUT2D eigenvalue weighted by Gasteiger charge is -2.25. The SMILES string of the molecule is O=C(Nc1ccccc1)c1cccnc1Nc1ccc(Oc2ccnc(Nc3ccc4c(n3)CCN(C(=O)O)C4)c2)c(Cl)c1. The number of amides is 2. The first-order valence-corrected chi connectivity index (χ1v) is 14.0. The normalized spacial score (nSPS) is 12.2. The quantitative estimate of drug-likeness (QED) is 0.145. The lowest BCUT2D eigenvalue weighted by atomic mass is 10.1. The topological polar surface area (TPSA) is 142 Å². The number of nitrogens with one attached hydrogen (secondary N) is 3. The van der Waals surface area contributed by atoms with Crippen molar-refractivity contribution in [2.75, 3.05) is 22.5 Å². The van der Waals surface area contributed by atoms with Crippen LogP contribution < -0.4 is 20.7 Å². The first-order chi connectivity index (χ1) is 21.4. The van der Waals surface area contributed by atoms with Gasteiger partial charge in [0.05, 0.1) is 17.1 Å². The van der Waals surface area contributed by atoms with Gasteiger partial charge in [-0.1, -0.05) is 35.9 Å². The molecule has 5 aromatic rings. The molecule has 3 aromatic heterocycles. The Balaban J connectivity index is 1.12. The van der Waals surface area contributed by atoms with Crippen LogP contribution in [0.25, 0.3) is 0 Å². The zero-order chi connectivity index (χ0) is 30.5. The third kappa shape index (κ3) is 6.69. The van der Waals surface area contributed by atoms with Crippen LogP contribution in [-0.4, -0.2) is 43.5 Å². The summed E-state index contributed by atoms with van der Waals surface area (Å²) in [4.78, 5) is 38.9. The highest BCUT2D eigenvalue weighted by Gasteiger charge is 2.21. The van der Waals surface area contributed by atoms with Crippen molar-refractivity contribution < 1.29 is 19.4 Å². The molecule has 0 radical (unpaired) electrons. The van der Waals surface area contributed by atoms with Gasteiger partial charge in [0.15, 0.2) is 0 Å². The van der Waals surface area contributed by atoms with Gasteiger partial charge in [0, 0.05) is 48.5 Å². The van der Waals surface area contributed by atoms with E-state index in [0.29, 0.717) is 70.4 Å². The molecule has 0 spiro atoms. The summed E-state index contributed by atoms with van der Waals surface area (Å²) < 4.78 is 6.04. The van der Waals surface area contributed by atoms with Crippen molar-refractivity contribution in [1.29, 1.82) is 0 Å². The van der Waals surface area contributed by atoms with Gasteiger partial charge in [-0.2, -0.15) is 0 Å². The molecule has 0 atom stereocenters. The van der Waals surface area contributed by atoms with Crippen LogP contribution in [0.2, 0.25) is 5.02 Å². The van der Waals surface area contributed by atoms with Gasteiger partial charge in [-0.05, 0) is 60.2 Å².